The fourth-order valence-corrected chi connectivity index (χ4v) is 9.67. The molecular formula is C62H42N2. The Morgan fingerprint density at radius 1 is 0.281 bits per heavy atom. The number of benzene rings is 11. The van der Waals surface area contributed by atoms with Crippen LogP contribution in [0.3, 0.4) is 0 Å². The van der Waals surface area contributed by atoms with E-state index in [1.165, 1.54) is 76.8 Å². The van der Waals surface area contributed by atoms with E-state index in [0.717, 1.165) is 33.8 Å². The minimum Gasteiger partial charge on any atom is -0.309 e. The molecule has 2 heteroatoms. The predicted octanol–water partition coefficient (Wildman–Crippen LogP) is 17.2. The zero-order valence-electron chi connectivity index (χ0n) is 35.1. The zero-order valence-corrected chi connectivity index (χ0v) is 35.1. The van der Waals surface area contributed by atoms with Crippen LogP contribution >= 0.6 is 0 Å². The molecular weight excluding hydrogens is 773 g/mol. The summed E-state index contributed by atoms with van der Waals surface area (Å²) in [7, 11) is 0. The van der Waals surface area contributed by atoms with Crippen LogP contribution in [0.25, 0.3) is 93.5 Å². The van der Waals surface area contributed by atoms with Crippen molar-refractivity contribution in [2.45, 2.75) is 0 Å². The molecule has 11 aromatic carbocycles. The van der Waals surface area contributed by atoms with E-state index in [0.29, 0.717) is 0 Å². The van der Waals surface area contributed by atoms with Crippen LogP contribution in [0.2, 0.25) is 0 Å². The second-order valence-corrected chi connectivity index (χ2v) is 16.5. The largest absolute Gasteiger partial charge is 0.309 e. The number of para-hydroxylation sites is 2. The van der Waals surface area contributed by atoms with Gasteiger partial charge in [-0.15, -0.1) is 0 Å². The predicted molar refractivity (Wildman–Crippen MR) is 272 cm³/mol. The average molecular weight is 815 g/mol. The third-order valence-electron chi connectivity index (χ3n) is 12.8. The highest BCUT2D eigenvalue weighted by Crippen LogP contribution is 2.48. The Morgan fingerprint density at radius 3 is 1.50 bits per heavy atom. The van der Waals surface area contributed by atoms with Crippen molar-refractivity contribution in [2.75, 3.05) is 4.90 Å². The van der Waals surface area contributed by atoms with Gasteiger partial charge in [0.2, 0.25) is 0 Å². The maximum atomic E-state index is 2.47. The number of nitrogens with zero attached hydrogens (tertiary/aromatic N) is 2. The van der Waals surface area contributed by atoms with Crippen molar-refractivity contribution in [3.8, 4) is 50.2 Å². The van der Waals surface area contributed by atoms with E-state index < -0.39 is 0 Å². The fourth-order valence-electron chi connectivity index (χ4n) is 9.67. The van der Waals surface area contributed by atoms with E-state index >= 15 is 0 Å². The first-order valence-electron chi connectivity index (χ1n) is 22.0. The van der Waals surface area contributed by atoms with Crippen molar-refractivity contribution in [3.63, 3.8) is 0 Å². The molecule has 0 aliphatic carbocycles. The summed E-state index contributed by atoms with van der Waals surface area (Å²) < 4.78 is 2.45. The number of fused-ring (bicyclic) bond motifs is 6. The van der Waals surface area contributed by atoms with Crippen molar-refractivity contribution >= 4 is 60.4 Å². The average Bonchev–Trinajstić information content (AvgIpc) is 3.71. The van der Waals surface area contributed by atoms with Gasteiger partial charge in [0.15, 0.2) is 0 Å². The molecule has 0 atom stereocenters. The lowest BCUT2D eigenvalue weighted by Gasteiger charge is -2.29. The Labute approximate surface area is 373 Å². The summed E-state index contributed by atoms with van der Waals surface area (Å²) in [6, 6.07) is 92.7. The Kier molecular flexibility index (Phi) is 9.20. The van der Waals surface area contributed by atoms with E-state index in [9.17, 15) is 0 Å². The van der Waals surface area contributed by atoms with Crippen molar-refractivity contribution < 1.29 is 0 Å². The number of rotatable bonds is 8. The van der Waals surface area contributed by atoms with Crippen molar-refractivity contribution in [2.24, 2.45) is 0 Å². The van der Waals surface area contributed by atoms with Gasteiger partial charge in [-0.3, -0.25) is 0 Å². The highest BCUT2D eigenvalue weighted by Gasteiger charge is 2.23. The number of aromatic nitrogens is 1. The first-order chi connectivity index (χ1) is 31.7. The molecule has 1 aromatic heterocycles. The van der Waals surface area contributed by atoms with Gasteiger partial charge in [0.25, 0.3) is 0 Å². The van der Waals surface area contributed by atoms with Gasteiger partial charge >= 0.3 is 0 Å². The number of anilines is 3. The summed E-state index contributed by atoms with van der Waals surface area (Å²) in [6.07, 6.45) is 0. The van der Waals surface area contributed by atoms with Gasteiger partial charge in [-0.05, 0) is 104 Å². The molecule has 0 saturated carbocycles. The molecule has 2 nitrogen and oxygen atoms in total. The Bertz CT molecular complexity index is 3620. The maximum absolute atomic E-state index is 2.47. The van der Waals surface area contributed by atoms with Crippen LogP contribution in [0.15, 0.2) is 255 Å². The molecule has 0 amide bonds. The normalized spacial score (nSPS) is 11.4. The molecule has 0 aliphatic heterocycles. The molecule has 300 valence electrons. The van der Waals surface area contributed by atoms with Crippen LogP contribution in [0.4, 0.5) is 17.1 Å². The summed E-state index contributed by atoms with van der Waals surface area (Å²) in [5.74, 6) is 0. The highest BCUT2D eigenvalue weighted by molar-refractivity contribution is 6.24. The highest BCUT2D eigenvalue weighted by atomic mass is 15.1. The third kappa shape index (κ3) is 6.52. The van der Waals surface area contributed by atoms with Gasteiger partial charge in [-0.2, -0.15) is 0 Å². The molecule has 0 N–H and O–H groups in total. The lowest BCUT2D eigenvalue weighted by Crippen LogP contribution is -2.12. The SMILES string of the molecule is c1ccc(-c2ccc(-c3ccc(N(c4ccccc4-c4ccccc4)c4cc5c(c6ccccc46)c4ccccc4n5-c4ccc(-c5ccc6ccccc6c5)cc4)cc3)cc2)cc1. The fraction of sp³-hybridized carbons (Fsp3) is 0. The molecule has 0 fully saturated rings. The van der Waals surface area contributed by atoms with Crippen molar-refractivity contribution in [1.29, 1.82) is 0 Å². The first kappa shape index (κ1) is 37.3. The molecule has 0 spiro atoms. The van der Waals surface area contributed by atoms with Crippen LogP contribution in [0.1, 0.15) is 0 Å². The molecule has 12 rings (SSSR count). The van der Waals surface area contributed by atoms with Crippen LogP contribution in [-0.4, -0.2) is 4.57 Å². The molecule has 0 aliphatic rings. The van der Waals surface area contributed by atoms with E-state index in [4.69, 9.17) is 0 Å². The third-order valence-corrected chi connectivity index (χ3v) is 12.8. The van der Waals surface area contributed by atoms with Crippen LogP contribution in [-0.2, 0) is 0 Å². The Balaban J connectivity index is 1.05. The summed E-state index contributed by atoms with van der Waals surface area (Å²) in [6.45, 7) is 0. The summed E-state index contributed by atoms with van der Waals surface area (Å²) in [5, 5.41) is 7.39. The molecule has 64 heavy (non-hydrogen) atoms. The van der Waals surface area contributed by atoms with Gasteiger partial charge < -0.3 is 9.47 Å². The molecule has 12 aromatic rings. The topological polar surface area (TPSA) is 8.17 Å². The maximum Gasteiger partial charge on any atom is 0.0568 e. The summed E-state index contributed by atoms with van der Waals surface area (Å²) in [5.41, 5.74) is 16.3. The van der Waals surface area contributed by atoms with Crippen LogP contribution in [0, 0.1) is 0 Å². The second-order valence-electron chi connectivity index (χ2n) is 16.5. The van der Waals surface area contributed by atoms with Gasteiger partial charge in [0.1, 0.15) is 0 Å². The van der Waals surface area contributed by atoms with Gasteiger partial charge in [-0.25, -0.2) is 0 Å². The summed E-state index contributed by atoms with van der Waals surface area (Å²) in [4.78, 5) is 2.47. The Morgan fingerprint density at radius 2 is 0.781 bits per heavy atom. The minimum absolute atomic E-state index is 1.08. The van der Waals surface area contributed by atoms with E-state index in [2.05, 4.69) is 264 Å². The van der Waals surface area contributed by atoms with Crippen LogP contribution < -0.4 is 4.90 Å². The van der Waals surface area contributed by atoms with Crippen LogP contribution in [0.5, 0.6) is 0 Å². The van der Waals surface area contributed by atoms with Crippen molar-refractivity contribution in [1.82, 2.24) is 4.57 Å². The monoisotopic (exact) mass is 814 g/mol. The first-order valence-corrected chi connectivity index (χ1v) is 22.0. The number of hydrogen-bond acceptors (Lipinski definition) is 1. The van der Waals surface area contributed by atoms with E-state index in [-0.39, 0.29) is 0 Å². The Hall–Kier alpha value is -8.46. The van der Waals surface area contributed by atoms with E-state index in [1.54, 1.807) is 0 Å². The smallest absolute Gasteiger partial charge is 0.0568 e. The van der Waals surface area contributed by atoms with Gasteiger partial charge in [0, 0.05) is 33.1 Å². The minimum atomic E-state index is 1.08. The molecule has 1 heterocycles. The lowest BCUT2D eigenvalue weighted by molar-refractivity contribution is 1.18. The zero-order chi connectivity index (χ0) is 42.4. The van der Waals surface area contributed by atoms with Gasteiger partial charge in [-0.1, -0.05) is 206 Å². The second kappa shape index (κ2) is 15.8. The van der Waals surface area contributed by atoms with Crippen molar-refractivity contribution in [3.05, 3.63) is 255 Å². The number of hydrogen-bond donors (Lipinski definition) is 0. The molecule has 0 bridgehead atoms. The molecule has 0 radical (unpaired) electrons. The molecule has 0 saturated heterocycles. The van der Waals surface area contributed by atoms with Gasteiger partial charge in [0.05, 0.1) is 22.4 Å². The standard InChI is InChI=1S/C62H42N2/c1-3-15-43(16-4-1)45-27-29-46(30-28-45)47-33-37-52(38-34-47)63(58-25-13-11-21-54(58)49-18-5-2-6-19-49)60-42-61-62(56-23-10-9-22-55(56)60)57-24-12-14-26-59(57)64(61)53-39-35-48(36-40-53)51-32-31-44-17-7-8-20-50(44)41-51/h1-42H. The quantitative estimate of drug-likeness (QED) is 0.148. The lowest BCUT2D eigenvalue weighted by atomic mass is 9.97. The molecule has 0 unspecified atom stereocenters. The van der Waals surface area contributed by atoms with E-state index in [1.807, 2.05) is 0 Å². The summed E-state index contributed by atoms with van der Waals surface area (Å²) >= 11 is 0.